The summed E-state index contributed by atoms with van der Waals surface area (Å²) in [5.74, 6) is 6.48. The van der Waals surface area contributed by atoms with Crippen molar-refractivity contribution >= 4 is 0 Å². The predicted octanol–water partition coefficient (Wildman–Crippen LogP) is 4.00. The first-order chi connectivity index (χ1) is 8.83. The number of hydrogen-bond acceptors (Lipinski definition) is 0. The maximum atomic E-state index is 3.26. The first kappa shape index (κ1) is 14.8. The fraction of sp³-hybridized carbons (Fsp3) is 0.588. The van der Waals surface area contributed by atoms with E-state index in [-0.39, 0.29) is 0 Å². The van der Waals surface area contributed by atoms with Gasteiger partial charge in [0, 0.05) is 24.1 Å². The van der Waals surface area contributed by atoms with Crippen LogP contribution in [0.4, 0.5) is 0 Å². The summed E-state index contributed by atoms with van der Waals surface area (Å²) in [5, 5.41) is 0. The number of nitrogens with zero attached hydrogens (tertiary/aromatic N) is 1. The highest BCUT2D eigenvalue weighted by atomic mass is 14.9. The van der Waals surface area contributed by atoms with Crippen molar-refractivity contribution < 1.29 is 4.57 Å². The molecule has 0 fully saturated rings. The standard InChI is InChI=1S/C17H26N/c1-3-4-5-6-7-8-9-10-11-12-17-13-15-18(2)16-14-17/h13-16H,3-10H2,1-2H3/q+1. The SMILES string of the molecule is CCCCCCCCCC#Cc1cc[n+](C)cc1. The van der Waals surface area contributed by atoms with Crippen LogP contribution in [-0.2, 0) is 7.05 Å². The van der Waals surface area contributed by atoms with Gasteiger partial charge in [-0.3, -0.25) is 0 Å². The number of aryl methyl sites for hydroxylation is 1. The van der Waals surface area contributed by atoms with Crippen LogP contribution in [-0.4, -0.2) is 0 Å². The van der Waals surface area contributed by atoms with E-state index in [0.717, 1.165) is 12.0 Å². The average molecular weight is 244 g/mol. The highest BCUT2D eigenvalue weighted by Crippen LogP contribution is 2.07. The van der Waals surface area contributed by atoms with Gasteiger partial charge in [0.25, 0.3) is 0 Å². The molecule has 0 unspecified atom stereocenters. The van der Waals surface area contributed by atoms with Gasteiger partial charge in [-0.25, -0.2) is 4.57 Å². The molecule has 0 bridgehead atoms. The largest absolute Gasteiger partial charge is 0.208 e. The van der Waals surface area contributed by atoms with Crippen LogP contribution < -0.4 is 4.57 Å². The predicted molar refractivity (Wildman–Crippen MR) is 77.1 cm³/mol. The highest BCUT2D eigenvalue weighted by molar-refractivity contribution is 5.30. The first-order valence-electron chi connectivity index (χ1n) is 7.27. The van der Waals surface area contributed by atoms with Gasteiger partial charge in [-0.15, -0.1) is 0 Å². The van der Waals surface area contributed by atoms with Gasteiger partial charge >= 0.3 is 0 Å². The third-order valence-corrected chi connectivity index (χ3v) is 3.12. The van der Waals surface area contributed by atoms with Gasteiger partial charge in [-0.2, -0.15) is 0 Å². The maximum Gasteiger partial charge on any atom is 0.169 e. The van der Waals surface area contributed by atoms with Crippen LogP contribution in [0.5, 0.6) is 0 Å². The summed E-state index contributed by atoms with van der Waals surface area (Å²) in [4.78, 5) is 0. The molecule has 1 aromatic rings. The zero-order chi connectivity index (χ0) is 13.1. The minimum absolute atomic E-state index is 1.04. The van der Waals surface area contributed by atoms with E-state index in [2.05, 4.69) is 30.9 Å². The summed E-state index contributed by atoms with van der Waals surface area (Å²) in [6, 6.07) is 4.13. The molecule has 18 heavy (non-hydrogen) atoms. The van der Waals surface area contributed by atoms with Gasteiger partial charge in [0.1, 0.15) is 7.05 Å². The van der Waals surface area contributed by atoms with Gasteiger partial charge in [0.15, 0.2) is 12.4 Å². The van der Waals surface area contributed by atoms with Crippen molar-refractivity contribution in [2.75, 3.05) is 0 Å². The van der Waals surface area contributed by atoms with E-state index >= 15 is 0 Å². The Morgan fingerprint density at radius 3 is 2.22 bits per heavy atom. The second kappa shape index (κ2) is 9.71. The third kappa shape index (κ3) is 7.12. The van der Waals surface area contributed by atoms with Crippen molar-refractivity contribution in [2.45, 2.75) is 58.3 Å². The number of aromatic nitrogens is 1. The number of unbranched alkanes of at least 4 members (excludes halogenated alkanes) is 7. The lowest BCUT2D eigenvalue weighted by molar-refractivity contribution is -0.671. The van der Waals surface area contributed by atoms with Crippen LogP contribution in [0.3, 0.4) is 0 Å². The van der Waals surface area contributed by atoms with Crippen molar-refractivity contribution in [1.82, 2.24) is 0 Å². The lowest BCUT2D eigenvalue weighted by atomic mass is 10.1. The molecule has 1 nitrogen and oxygen atoms in total. The van der Waals surface area contributed by atoms with Gasteiger partial charge in [-0.1, -0.05) is 57.3 Å². The van der Waals surface area contributed by atoms with E-state index in [1.54, 1.807) is 0 Å². The van der Waals surface area contributed by atoms with E-state index < -0.39 is 0 Å². The van der Waals surface area contributed by atoms with Crippen LogP contribution in [0.25, 0.3) is 0 Å². The van der Waals surface area contributed by atoms with E-state index in [1.165, 1.54) is 44.9 Å². The molecule has 1 rings (SSSR count). The molecule has 0 radical (unpaired) electrons. The molecule has 0 amide bonds. The van der Waals surface area contributed by atoms with Gasteiger partial charge in [0.2, 0.25) is 0 Å². The first-order valence-corrected chi connectivity index (χ1v) is 7.27. The molecule has 0 aromatic carbocycles. The van der Waals surface area contributed by atoms with Crippen molar-refractivity contribution in [3.63, 3.8) is 0 Å². The summed E-state index contributed by atoms with van der Waals surface area (Å²) in [6.45, 7) is 2.26. The Bertz CT molecular complexity index is 367. The van der Waals surface area contributed by atoms with Crippen molar-refractivity contribution in [3.8, 4) is 11.8 Å². The smallest absolute Gasteiger partial charge is 0.169 e. The molecular formula is C17H26N+. The van der Waals surface area contributed by atoms with E-state index in [0.29, 0.717) is 0 Å². The second-order valence-electron chi connectivity index (χ2n) is 4.93. The van der Waals surface area contributed by atoms with Crippen molar-refractivity contribution in [1.29, 1.82) is 0 Å². The Kier molecular flexibility index (Phi) is 7.97. The molecule has 0 aliphatic heterocycles. The summed E-state index contributed by atoms with van der Waals surface area (Å²) in [7, 11) is 2.02. The number of rotatable bonds is 7. The van der Waals surface area contributed by atoms with Gasteiger partial charge in [0.05, 0.1) is 0 Å². The van der Waals surface area contributed by atoms with Crippen LogP contribution in [0.1, 0.15) is 63.9 Å². The van der Waals surface area contributed by atoms with Gasteiger partial charge in [-0.05, 0) is 6.42 Å². The minimum Gasteiger partial charge on any atom is -0.208 e. The molecule has 98 valence electrons. The fourth-order valence-corrected chi connectivity index (χ4v) is 1.92. The second-order valence-corrected chi connectivity index (χ2v) is 4.93. The summed E-state index contributed by atoms with van der Waals surface area (Å²) in [5.41, 5.74) is 1.12. The molecule has 1 aromatic heterocycles. The van der Waals surface area contributed by atoms with E-state index in [9.17, 15) is 0 Å². The molecule has 0 aliphatic carbocycles. The zero-order valence-corrected chi connectivity index (χ0v) is 11.9. The third-order valence-electron chi connectivity index (χ3n) is 3.12. The maximum absolute atomic E-state index is 3.26. The summed E-state index contributed by atoms with van der Waals surface area (Å²) in [6.07, 6.45) is 14.6. The molecule has 1 heteroatoms. The molecule has 0 N–H and O–H groups in total. The number of pyridine rings is 1. The van der Waals surface area contributed by atoms with Gasteiger partial charge < -0.3 is 0 Å². The molecule has 0 aliphatic rings. The topological polar surface area (TPSA) is 3.88 Å². The Morgan fingerprint density at radius 1 is 0.944 bits per heavy atom. The Balaban J connectivity index is 2.06. The Morgan fingerprint density at radius 2 is 1.56 bits per heavy atom. The van der Waals surface area contributed by atoms with Crippen LogP contribution in [0.15, 0.2) is 24.5 Å². The van der Waals surface area contributed by atoms with Crippen LogP contribution in [0, 0.1) is 11.8 Å². The lowest BCUT2D eigenvalue weighted by Crippen LogP contribution is -2.25. The van der Waals surface area contributed by atoms with Crippen LogP contribution in [0.2, 0.25) is 0 Å². The summed E-state index contributed by atoms with van der Waals surface area (Å²) < 4.78 is 2.03. The molecule has 0 spiro atoms. The molecule has 0 atom stereocenters. The lowest BCUT2D eigenvalue weighted by Gasteiger charge is -1.97. The molecular weight excluding hydrogens is 218 g/mol. The van der Waals surface area contributed by atoms with E-state index in [1.807, 2.05) is 24.0 Å². The average Bonchev–Trinajstić information content (AvgIpc) is 2.39. The molecule has 0 saturated carbocycles. The zero-order valence-electron chi connectivity index (χ0n) is 11.9. The van der Waals surface area contributed by atoms with Crippen molar-refractivity contribution in [3.05, 3.63) is 30.1 Å². The highest BCUT2D eigenvalue weighted by Gasteiger charge is 1.91. The van der Waals surface area contributed by atoms with Crippen LogP contribution >= 0.6 is 0 Å². The molecule has 0 saturated heterocycles. The van der Waals surface area contributed by atoms with Crippen molar-refractivity contribution in [2.24, 2.45) is 7.05 Å². The normalized spacial score (nSPS) is 9.89. The molecule has 1 heterocycles. The minimum atomic E-state index is 1.04. The Labute approximate surface area is 112 Å². The quantitative estimate of drug-likeness (QED) is 0.388. The van der Waals surface area contributed by atoms with E-state index in [4.69, 9.17) is 0 Å². The number of hydrogen-bond donors (Lipinski definition) is 0. The Hall–Kier alpha value is -1.29. The monoisotopic (exact) mass is 244 g/mol. The summed E-state index contributed by atoms with van der Waals surface area (Å²) >= 11 is 0. The fourth-order valence-electron chi connectivity index (χ4n) is 1.92.